The zero-order valence-corrected chi connectivity index (χ0v) is 14.0. The van der Waals surface area contributed by atoms with Crippen molar-refractivity contribution in [2.24, 2.45) is 11.8 Å². The molecule has 2 aliphatic heterocycles. The Bertz CT molecular complexity index is 619. The van der Waals surface area contributed by atoms with Crippen molar-refractivity contribution in [1.82, 2.24) is 4.90 Å². The molecule has 0 N–H and O–H groups in total. The molecule has 1 saturated heterocycles. The number of fused-ring (bicyclic) bond motifs is 1. The van der Waals surface area contributed by atoms with E-state index in [0.717, 1.165) is 25.1 Å². The molecule has 23 heavy (non-hydrogen) atoms. The molecule has 0 bridgehead atoms. The number of anilines is 1. The number of nitrogens with zero attached hydrogens (tertiary/aromatic N) is 2. The van der Waals surface area contributed by atoms with Crippen LogP contribution >= 0.6 is 0 Å². The summed E-state index contributed by atoms with van der Waals surface area (Å²) in [6.45, 7) is 7.97. The van der Waals surface area contributed by atoms with E-state index in [0.29, 0.717) is 23.3 Å². The first-order valence-corrected chi connectivity index (χ1v) is 8.25. The summed E-state index contributed by atoms with van der Waals surface area (Å²) in [5.41, 5.74) is 1.74. The highest BCUT2D eigenvalue weighted by Crippen LogP contribution is 2.33. The number of likely N-dealkylation sites (tertiary alicyclic amines) is 1. The maximum Gasteiger partial charge on any atom is 0.265 e. The van der Waals surface area contributed by atoms with Gasteiger partial charge in [0.25, 0.3) is 5.91 Å². The van der Waals surface area contributed by atoms with Gasteiger partial charge >= 0.3 is 0 Å². The lowest BCUT2D eigenvalue weighted by Crippen LogP contribution is -2.50. The minimum atomic E-state index is -0.158. The summed E-state index contributed by atoms with van der Waals surface area (Å²) in [6, 6.07) is 5.71. The van der Waals surface area contributed by atoms with Crippen LogP contribution in [0.4, 0.5) is 5.69 Å². The summed E-state index contributed by atoms with van der Waals surface area (Å²) in [6.07, 6.45) is 1.16. The Hall–Kier alpha value is -2.04. The van der Waals surface area contributed by atoms with Crippen LogP contribution in [-0.4, -0.2) is 43.0 Å². The summed E-state index contributed by atoms with van der Waals surface area (Å²) in [4.78, 5) is 28.4. The summed E-state index contributed by atoms with van der Waals surface area (Å²) < 4.78 is 5.47. The van der Waals surface area contributed by atoms with E-state index in [2.05, 4.69) is 13.8 Å². The van der Waals surface area contributed by atoms with Crippen LogP contribution in [0.25, 0.3) is 0 Å². The van der Waals surface area contributed by atoms with Crippen molar-refractivity contribution < 1.29 is 14.3 Å². The number of hydrogen-bond donors (Lipinski definition) is 0. The minimum Gasteiger partial charge on any atom is -0.482 e. The van der Waals surface area contributed by atoms with Crippen LogP contribution < -0.4 is 9.64 Å². The smallest absolute Gasteiger partial charge is 0.265 e. The van der Waals surface area contributed by atoms with Gasteiger partial charge in [0, 0.05) is 13.1 Å². The molecule has 0 aromatic heterocycles. The third kappa shape index (κ3) is 3.33. The third-order valence-corrected chi connectivity index (χ3v) is 4.57. The van der Waals surface area contributed by atoms with E-state index < -0.39 is 0 Å². The first-order chi connectivity index (χ1) is 10.9. The molecule has 0 radical (unpaired) electrons. The van der Waals surface area contributed by atoms with Crippen LogP contribution in [0.3, 0.4) is 0 Å². The average Bonchev–Trinajstić information content (AvgIpc) is 2.49. The predicted molar refractivity (Wildman–Crippen MR) is 88.6 cm³/mol. The van der Waals surface area contributed by atoms with E-state index in [9.17, 15) is 9.59 Å². The molecule has 5 heteroatoms. The number of piperidine rings is 1. The normalized spacial score (nSPS) is 24.2. The average molecular weight is 316 g/mol. The highest BCUT2D eigenvalue weighted by molar-refractivity contribution is 6.02. The molecule has 0 saturated carbocycles. The Morgan fingerprint density at radius 3 is 2.65 bits per heavy atom. The van der Waals surface area contributed by atoms with Crippen LogP contribution in [0.1, 0.15) is 25.8 Å². The van der Waals surface area contributed by atoms with E-state index in [1.807, 2.05) is 30.0 Å². The topological polar surface area (TPSA) is 49.9 Å². The van der Waals surface area contributed by atoms with Gasteiger partial charge in [-0.05, 0) is 42.9 Å². The third-order valence-electron chi connectivity index (χ3n) is 4.57. The molecule has 2 unspecified atom stereocenters. The zero-order chi connectivity index (χ0) is 16.6. The SMILES string of the molecule is Cc1ccc2c(c1)N(CC(=O)N1CC(C)CC(C)C1)C(=O)CO2. The van der Waals surface area contributed by atoms with E-state index in [-0.39, 0.29) is 25.0 Å². The molecular formula is C18H24N2O3. The van der Waals surface area contributed by atoms with Crippen LogP contribution in [0.2, 0.25) is 0 Å². The van der Waals surface area contributed by atoms with Crippen LogP contribution in [0.5, 0.6) is 5.75 Å². The number of carbonyl (C=O) groups excluding carboxylic acids is 2. The monoisotopic (exact) mass is 316 g/mol. The number of ether oxygens (including phenoxy) is 1. The molecule has 3 rings (SSSR count). The molecule has 2 atom stereocenters. The van der Waals surface area contributed by atoms with Gasteiger partial charge < -0.3 is 9.64 Å². The highest BCUT2D eigenvalue weighted by Gasteiger charge is 2.31. The van der Waals surface area contributed by atoms with Crippen molar-refractivity contribution >= 4 is 17.5 Å². The summed E-state index contributed by atoms with van der Waals surface area (Å²) in [5, 5.41) is 0. The van der Waals surface area contributed by atoms with Crippen molar-refractivity contribution in [3.63, 3.8) is 0 Å². The van der Waals surface area contributed by atoms with Gasteiger partial charge in [0.2, 0.25) is 5.91 Å². The number of hydrogen-bond acceptors (Lipinski definition) is 3. The van der Waals surface area contributed by atoms with Crippen molar-refractivity contribution in [3.8, 4) is 5.75 Å². The maximum absolute atomic E-state index is 12.7. The first-order valence-electron chi connectivity index (χ1n) is 8.25. The van der Waals surface area contributed by atoms with E-state index >= 15 is 0 Å². The second-order valence-corrected chi connectivity index (χ2v) is 6.98. The summed E-state index contributed by atoms with van der Waals surface area (Å²) in [7, 11) is 0. The fourth-order valence-corrected chi connectivity index (χ4v) is 3.59. The van der Waals surface area contributed by atoms with Gasteiger partial charge in [0.15, 0.2) is 6.61 Å². The van der Waals surface area contributed by atoms with Gasteiger partial charge in [-0.3, -0.25) is 14.5 Å². The first kappa shape index (κ1) is 15.8. The molecule has 1 aromatic rings. The van der Waals surface area contributed by atoms with Crippen LogP contribution in [0.15, 0.2) is 18.2 Å². The Labute approximate surface area is 137 Å². The summed E-state index contributed by atoms with van der Waals surface area (Å²) in [5.74, 6) is 1.55. The Morgan fingerprint density at radius 1 is 1.26 bits per heavy atom. The van der Waals surface area contributed by atoms with Gasteiger partial charge in [-0.15, -0.1) is 0 Å². The van der Waals surface area contributed by atoms with Crippen molar-refractivity contribution in [2.45, 2.75) is 27.2 Å². The van der Waals surface area contributed by atoms with Crippen molar-refractivity contribution in [1.29, 1.82) is 0 Å². The number of benzene rings is 1. The molecule has 1 fully saturated rings. The van der Waals surface area contributed by atoms with Gasteiger partial charge in [0.05, 0.1) is 5.69 Å². The molecule has 2 heterocycles. The molecule has 5 nitrogen and oxygen atoms in total. The van der Waals surface area contributed by atoms with E-state index in [1.54, 1.807) is 4.90 Å². The molecule has 2 aliphatic rings. The van der Waals surface area contributed by atoms with Gasteiger partial charge in [-0.1, -0.05) is 19.9 Å². The molecule has 124 valence electrons. The Balaban J connectivity index is 1.78. The van der Waals surface area contributed by atoms with Crippen molar-refractivity contribution in [3.05, 3.63) is 23.8 Å². The number of aryl methyl sites for hydroxylation is 1. The highest BCUT2D eigenvalue weighted by atomic mass is 16.5. The summed E-state index contributed by atoms with van der Waals surface area (Å²) >= 11 is 0. The standard InChI is InChI=1S/C18H24N2O3/c1-12-4-5-16-15(7-12)20(18(22)11-23-16)10-17(21)19-8-13(2)6-14(3)9-19/h4-5,7,13-14H,6,8-11H2,1-3H3. The molecule has 1 aromatic carbocycles. The Morgan fingerprint density at radius 2 is 1.96 bits per heavy atom. The lowest BCUT2D eigenvalue weighted by molar-refractivity contribution is -0.134. The molecule has 0 spiro atoms. The number of amides is 2. The zero-order valence-electron chi connectivity index (χ0n) is 14.0. The molecule has 0 aliphatic carbocycles. The van der Waals surface area contributed by atoms with Gasteiger partial charge in [-0.25, -0.2) is 0 Å². The predicted octanol–water partition coefficient (Wildman–Crippen LogP) is 2.22. The van der Waals surface area contributed by atoms with E-state index in [4.69, 9.17) is 4.74 Å². The van der Waals surface area contributed by atoms with Gasteiger partial charge in [0.1, 0.15) is 12.3 Å². The largest absolute Gasteiger partial charge is 0.482 e. The minimum absolute atomic E-state index is 0.00382. The number of rotatable bonds is 2. The number of carbonyl (C=O) groups is 2. The lowest BCUT2D eigenvalue weighted by Gasteiger charge is -2.37. The van der Waals surface area contributed by atoms with Crippen LogP contribution in [0, 0.1) is 18.8 Å². The van der Waals surface area contributed by atoms with Gasteiger partial charge in [-0.2, -0.15) is 0 Å². The fourth-order valence-electron chi connectivity index (χ4n) is 3.59. The quantitative estimate of drug-likeness (QED) is 0.840. The second kappa shape index (κ2) is 6.22. The lowest BCUT2D eigenvalue weighted by atomic mass is 9.92. The maximum atomic E-state index is 12.7. The Kier molecular flexibility index (Phi) is 4.28. The van der Waals surface area contributed by atoms with Crippen LogP contribution in [-0.2, 0) is 9.59 Å². The van der Waals surface area contributed by atoms with Crippen molar-refractivity contribution in [2.75, 3.05) is 31.1 Å². The van der Waals surface area contributed by atoms with E-state index in [1.165, 1.54) is 0 Å². The fraction of sp³-hybridized carbons (Fsp3) is 0.556. The second-order valence-electron chi connectivity index (χ2n) is 6.98. The molecular weight excluding hydrogens is 292 g/mol. The molecule has 2 amide bonds.